The maximum atomic E-state index is 12.8. The van der Waals surface area contributed by atoms with Gasteiger partial charge in [-0.25, -0.2) is 9.37 Å². The van der Waals surface area contributed by atoms with Crippen molar-refractivity contribution in [3.05, 3.63) is 17.3 Å². The number of carbonyl (C=O) groups excluding carboxylic acids is 1. The minimum Gasteiger partial charge on any atom is -0.307 e. The second kappa shape index (κ2) is 4.34. The zero-order valence-electron chi connectivity index (χ0n) is 6.22. The van der Waals surface area contributed by atoms with Crippen molar-refractivity contribution in [1.82, 2.24) is 9.97 Å². The minimum atomic E-state index is -0.761. The molecular weight excluding hydrogens is 220 g/mol. The molecule has 0 fully saturated rings. The lowest BCUT2D eigenvalue weighted by Crippen LogP contribution is -2.15. The average molecular weight is 224 g/mol. The molecule has 1 aromatic rings. The number of nitrogens with zero attached hydrogens (tertiary/aromatic N) is 2. The molecule has 0 bridgehead atoms. The number of rotatable bonds is 2. The van der Waals surface area contributed by atoms with Gasteiger partial charge in [-0.3, -0.25) is 4.79 Å². The molecule has 1 N–H and O–H groups in total. The van der Waals surface area contributed by atoms with Gasteiger partial charge in [-0.05, 0) is 11.6 Å². The predicted molar refractivity (Wildman–Crippen MR) is 46.3 cm³/mol. The summed E-state index contributed by atoms with van der Waals surface area (Å²) in [6, 6.07) is 0. The molecule has 0 aliphatic rings. The smallest absolute Gasteiger partial charge is 0.240 e. The monoisotopic (exact) mass is 223 g/mol. The molecule has 7 heteroatoms. The fourth-order valence-electron chi connectivity index (χ4n) is 0.599. The van der Waals surface area contributed by atoms with Crippen LogP contribution in [0.15, 0.2) is 6.20 Å². The van der Waals surface area contributed by atoms with Gasteiger partial charge in [0.05, 0.1) is 6.20 Å². The van der Waals surface area contributed by atoms with E-state index in [9.17, 15) is 9.18 Å². The number of halogens is 3. The molecule has 0 unspecified atom stereocenters. The molecule has 0 aromatic carbocycles. The lowest BCUT2D eigenvalue weighted by atomic mass is 10.5. The largest absolute Gasteiger partial charge is 0.307 e. The average Bonchev–Trinajstić information content (AvgIpc) is 2.11. The third-order valence-corrected chi connectivity index (χ3v) is 1.52. The first-order valence-corrected chi connectivity index (χ1v) is 4.08. The summed E-state index contributed by atoms with van der Waals surface area (Å²) < 4.78 is 12.8. The molecule has 0 aliphatic carbocycles. The van der Waals surface area contributed by atoms with Crippen LogP contribution in [0.1, 0.15) is 0 Å². The molecule has 1 aromatic heterocycles. The van der Waals surface area contributed by atoms with E-state index in [1.165, 1.54) is 0 Å². The molecule has 0 saturated carbocycles. The number of anilines is 1. The van der Waals surface area contributed by atoms with Gasteiger partial charge >= 0.3 is 0 Å². The van der Waals surface area contributed by atoms with Crippen LogP contribution in [0.4, 0.5) is 10.2 Å². The van der Waals surface area contributed by atoms with Gasteiger partial charge in [0.1, 0.15) is 5.88 Å². The van der Waals surface area contributed by atoms with Gasteiger partial charge in [0, 0.05) is 0 Å². The van der Waals surface area contributed by atoms with Gasteiger partial charge in [0.25, 0.3) is 0 Å². The lowest BCUT2D eigenvalue weighted by Gasteiger charge is -2.02. The number of alkyl halides is 1. The normalized spacial score (nSPS) is 9.77. The summed E-state index contributed by atoms with van der Waals surface area (Å²) in [6.07, 6.45) is 0.860. The Morgan fingerprint density at radius 1 is 1.69 bits per heavy atom. The first kappa shape index (κ1) is 10.1. The van der Waals surface area contributed by atoms with Crippen LogP contribution in [-0.2, 0) is 4.79 Å². The van der Waals surface area contributed by atoms with E-state index in [4.69, 9.17) is 23.2 Å². The van der Waals surface area contributed by atoms with Crippen molar-refractivity contribution in [2.24, 2.45) is 0 Å². The van der Waals surface area contributed by atoms with Gasteiger partial charge in [0.2, 0.25) is 11.2 Å². The Hall–Kier alpha value is -0.940. The predicted octanol–water partition coefficient (Wildman–Crippen LogP) is 1.45. The number of carbonyl (C=O) groups is 1. The minimum absolute atomic E-state index is 0.147. The zero-order valence-corrected chi connectivity index (χ0v) is 7.73. The van der Waals surface area contributed by atoms with Crippen molar-refractivity contribution in [1.29, 1.82) is 0 Å². The van der Waals surface area contributed by atoms with Crippen LogP contribution >= 0.6 is 23.2 Å². The van der Waals surface area contributed by atoms with Crippen LogP contribution in [0, 0.1) is 5.82 Å². The fourth-order valence-corrected chi connectivity index (χ4v) is 0.799. The van der Waals surface area contributed by atoms with Crippen molar-refractivity contribution >= 4 is 34.9 Å². The van der Waals surface area contributed by atoms with Crippen molar-refractivity contribution in [2.75, 3.05) is 11.2 Å². The number of hydrogen-bond acceptors (Lipinski definition) is 3. The summed E-state index contributed by atoms with van der Waals surface area (Å²) in [7, 11) is 0. The first-order chi connectivity index (χ1) is 6.13. The summed E-state index contributed by atoms with van der Waals surface area (Å²) in [5, 5.41) is 1.97. The molecule has 0 saturated heterocycles. The van der Waals surface area contributed by atoms with Crippen LogP contribution in [0.5, 0.6) is 0 Å². The molecule has 1 rings (SSSR count). The highest BCUT2D eigenvalue weighted by Crippen LogP contribution is 2.11. The molecule has 0 radical (unpaired) electrons. The number of amides is 1. The van der Waals surface area contributed by atoms with Gasteiger partial charge in [0.15, 0.2) is 11.6 Å². The van der Waals surface area contributed by atoms with Crippen molar-refractivity contribution in [3.8, 4) is 0 Å². The fraction of sp³-hybridized carbons (Fsp3) is 0.167. The first-order valence-electron chi connectivity index (χ1n) is 3.17. The van der Waals surface area contributed by atoms with Crippen LogP contribution in [0.2, 0.25) is 5.28 Å². The lowest BCUT2D eigenvalue weighted by molar-refractivity contribution is -0.114. The van der Waals surface area contributed by atoms with Crippen LogP contribution in [-0.4, -0.2) is 21.8 Å². The maximum absolute atomic E-state index is 12.8. The topological polar surface area (TPSA) is 54.9 Å². The van der Waals surface area contributed by atoms with Gasteiger partial charge in [-0.15, -0.1) is 11.6 Å². The number of aromatic nitrogens is 2. The van der Waals surface area contributed by atoms with Crippen molar-refractivity contribution < 1.29 is 9.18 Å². The molecule has 13 heavy (non-hydrogen) atoms. The highest BCUT2D eigenvalue weighted by Gasteiger charge is 2.08. The summed E-state index contributed by atoms with van der Waals surface area (Å²) in [4.78, 5) is 17.5. The Bertz CT molecular complexity index is 334. The van der Waals surface area contributed by atoms with E-state index < -0.39 is 11.7 Å². The van der Waals surface area contributed by atoms with Gasteiger partial charge in [-0.1, -0.05) is 0 Å². The van der Waals surface area contributed by atoms with E-state index in [2.05, 4.69) is 15.3 Å². The SMILES string of the molecule is O=C(CCl)Nc1nc(Cl)ncc1F. The highest BCUT2D eigenvalue weighted by molar-refractivity contribution is 6.29. The molecule has 1 amide bonds. The zero-order chi connectivity index (χ0) is 9.84. The van der Waals surface area contributed by atoms with E-state index in [-0.39, 0.29) is 17.0 Å². The van der Waals surface area contributed by atoms with E-state index >= 15 is 0 Å². The quantitative estimate of drug-likeness (QED) is 0.610. The highest BCUT2D eigenvalue weighted by atomic mass is 35.5. The second-order valence-corrected chi connectivity index (χ2v) is 2.62. The van der Waals surface area contributed by atoms with Crippen LogP contribution < -0.4 is 5.32 Å². The molecular formula is C6H4Cl2FN3O. The van der Waals surface area contributed by atoms with Gasteiger partial charge in [-0.2, -0.15) is 4.98 Å². The van der Waals surface area contributed by atoms with E-state index in [1.807, 2.05) is 0 Å². The van der Waals surface area contributed by atoms with Crippen LogP contribution in [0.3, 0.4) is 0 Å². The Morgan fingerprint density at radius 2 is 2.38 bits per heavy atom. The number of hydrogen-bond donors (Lipinski definition) is 1. The van der Waals surface area contributed by atoms with Crippen molar-refractivity contribution in [2.45, 2.75) is 0 Å². The Labute approximate surface area is 83.1 Å². The molecule has 0 spiro atoms. The number of nitrogens with one attached hydrogen (secondary N) is 1. The van der Waals surface area contributed by atoms with E-state index in [1.54, 1.807) is 0 Å². The van der Waals surface area contributed by atoms with E-state index in [0.29, 0.717) is 0 Å². The second-order valence-electron chi connectivity index (χ2n) is 2.02. The van der Waals surface area contributed by atoms with Crippen LogP contribution in [0.25, 0.3) is 0 Å². The Morgan fingerprint density at radius 3 is 3.00 bits per heavy atom. The summed E-state index contributed by atoms with van der Waals surface area (Å²) in [5.41, 5.74) is 0. The Kier molecular flexibility index (Phi) is 3.39. The van der Waals surface area contributed by atoms with E-state index in [0.717, 1.165) is 6.20 Å². The summed E-state index contributed by atoms with van der Waals surface area (Å²) in [5.74, 6) is -1.87. The summed E-state index contributed by atoms with van der Waals surface area (Å²) in [6.45, 7) is 0. The summed E-state index contributed by atoms with van der Waals surface area (Å²) >= 11 is 10.6. The molecule has 4 nitrogen and oxygen atoms in total. The van der Waals surface area contributed by atoms with Gasteiger partial charge < -0.3 is 5.32 Å². The molecule has 0 aliphatic heterocycles. The van der Waals surface area contributed by atoms with Crippen molar-refractivity contribution in [3.63, 3.8) is 0 Å². The molecule has 1 heterocycles. The third kappa shape index (κ3) is 2.78. The standard InChI is InChI=1S/C6H4Cl2FN3O/c7-1-4(13)11-5-3(9)2-10-6(8)12-5/h2H,1H2,(H,10,11,12,13). The molecule has 70 valence electrons. The molecule has 0 atom stereocenters. The Balaban J connectivity index is 2.87. The maximum Gasteiger partial charge on any atom is 0.240 e. The third-order valence-electron chi connectivity index (χ3n) is 1.09.